The molecule has 4 rings (SSSR count). The number of nitrogens with zero attached hydrogens (tertiary/aromatic N) is 3. The fourth-order valence-electron chi connectivity index (χ4n) is 4.47. The van der Waals surface area contributed by atoms with Crippen molar-refractivity contribution < 1.29 is 0 Å². The molecule has 6 nitrogen and oxygen atoms in total. The van der Waals surface area contributed by atoms with Gasteiger partial charge in [0.25, 0.3) is 0 Å². The second kappa shape index (κ2) is 6.85. The van der Waals surface area contributed by atoms with Crippen LogP contribution in [0.3, 0.4) is 0 Å². The molecule has 1 aromatic carbocycles. The zero-order valence-electron chi connectivity index (χ0n) is 15.2. The van der Waals surface area contributed by atoms with Gasteiger partial charge in [-0.1, -0.05) is 19.1 Å². The Bertz CT molecular complexity index is 819. The van der Waals surface area contributed by atoms with Crippen LogP contribution < -0.4 is 17.2 Å². The highest BCUT2D eigenvalue weighted by molar-refractivity contribution is 5.36. The minimum Gasteiger partial charge on any atom is -0.383 e. The molecule has 1 aromatic heterocycles. The molecule has 1 saturated carbocycles. The Morgan fingerprint density at radius 1 is 1.19 bits per heavy atom. The Kier molecular flexibility index (Phi) is 4.54. The molecule has 1 aliphatic heterocycles. The molecule has 2 fully saturated rings. The Hall–Kier alpha value is -2.18. The number of aromatic nitrogens is 2. The number of nitrogen functional groups attached to an aromatic ring is 1. The van der Waals surface area contributed by atoms with Gasteiger partial charge >= 0.3 is 5.69 Å². The van der Waals surface area contributed by atoms with Gasteiger partial charge in [0.2, 0.25) is 0 Å². The third-order valence-corrected chi connectivity index (χ3v) is 6.06. The number of nitrogens with two attached hydrogens (primary N) is 2. The van der Waals surface area contributed by atoms with E-state index < -0.39 is 0 Å². The highest BCUT2D eigenvalue weighted by Crippen LogP contribution is 2.53. The van der Waals surface area contributed by atoms with Crippen molar-refractivity contribution in [2.45, 2.75) is 25.8 Å². The van der Waals surface area contributed by atoms with E-state index >= 15 is 0 Å². The van der Waals surface area contributed by atoms with E-state index in [9.17, 15) is 4.79 Å². The molecule has 26 heavy (non-hydrogen) atoms. The number of hydrogen-bond acceptors (Lipinski definition) is 5. The van der Waals surface area contributed by atoms with Gasteiger partial charge in [0, 0.05) is 31.9 Å². The Morgan fingerprint density at radius 2 is 1.88 bits per heavy atom. The molecule has 0 spiro atoms. The summed E-state index contributed by atoms with van der Waals surface area (Å²) in [5, 5.41) is 0. The SMILES string of the molecule is CC[C@@H](N)C1[C@H]2CN(CCc3ccc(-n4ccc(N)nc4=O)cc3)C[C@@H]12. The first kappa shape index (κ1) is 17.2. The van der Waals surface area contributed by atoms with Gasteiger partial charge in [-0.25, -0.2) is 4.79 Å². The van der Waals surface area contributed by atoms with E-state index in [0.29, 0.717) is 6.04 Å². The van der Waals surface area contributed by atoms with Gasteiger partial charge in [0.15, 0.2) is 0 Å². The van der Waals surface area contributed by atoms with Crippen molar-refractivity contribution in [3.05, 3.63) is 52.6 Å². The average molecular weight is 353 g/mol. The van der Waals surface area contributed by atoms with Crippen molar-refractivity contribution in [2.75, 3.05) is 25.4 Å². The second-order valence-corrected chi connectivity index (χ2v) is 7.66. The highest BCUT2D eigenvalue weighted by Gasteiger charge is 2.56. The summed E-state index contributed by atoms with van der Waals surface area (Å²) in [4.78, 5) is 18.2. The van der Waals surface area contributed by atoms with Crippen LogP contribution in [-0.2, 0) is 6.42 Å². The average Bonchev–Trinajstić information content (AvgIpc) is 3.14. The molecule has 0 radical (unpaired) electrons. The van der Waals surface area contributed by atoms with Crippen molar-refractivity contribution in [2.24, 2.45) is 23.5 Å². The lowest BCUT2D eigenvalue weighted by molar-refractivity contribution is 0.277. The number of likely N-dealkylation sites (tertiary alicyclic amines) is 1. The lowest BCUT2D eigenvalue weighted by atomic mass is 10.1. The predicted octanol–water partition coefficient (Wildman–Crippen LogP) is 1.27. The Morgan fingerprint density at radius 3 is 2.50 bits per heavy atom. The summed E-state index contributed by atoms with van der Waals surface area (Å²) in [6.07, 6.45) is 3.78. The standard InChI is InChI=1S/C20H27N5O/c1-2-17(21)19-15-11-24(12-16(15)19)9-7-13-3-5-14(6-4-13)25-10-8-18(22)23-20(25)26/h3-6,8,10,15-17,19H,2,7,9,11-12,21H2,1H3,(H2,22,23,26)/t15-,16+,17-,19?/m1/s1. The molecule has 0 bridgehead atoms. The summed E-state index contributed by atoms with van der Waals surface area (Å²) in [5.74, 6) is 2.67. The largest absolute Gasteiger partial charge is 0.383 e. The van der Waals surface area contributed by atoms with Crippen molar-refractivity contribution in [3.8, 4) is 5.69 Å². The van der Waals surface area contributed by atoms with Gasteiger partial charge in [-0.2, -0.15) is 4.98 Å². The third-order valence-electron chi connectivity index (χ3n) is 6.06. The van der Waals surface area contributed by atoms with Crippen LogP contribution in [0.25, 0.3) is 5.69 Å². The van der Waals surface area contributed by atoms with Gasteiger partial charge in [0.05, 0.1) is 5.69 Å². The molecule has 6 heteroatoms. The quantitative estimate of drug-likeness (QED) is 0.816. The zero-order valence-corrected chi connectivity index (χ0v) is 15.2. The second-order valence-electron chi connectivity index (χ2n) is 7.66. The summed E-state index contributed by atoms with van der Waals surface area (Å²) >= 11 is 0. The predicted molar refractivity (Wildman–Crippen MR) is 103 cm³/mol. The van der Waals surface area contributed by atoms with Crippen molar-refractivity contribution in [1.82, 2.24) is 14.5 Å². The van der Waals surface area contributed by atoms with Crippen LogP contribution in [0.4, 0.5) is 5.82 Å². The monoisotopic (exact) mass is 353 g/mol. The smallest absolute Gasteiger partial charge is 0.354 e. The van der Waals surface area contributed by atoms with E-state index in [1.807, 2.05) is 12.1 Å². The summed E-state index contributed by atoms with van der Waals surface area (Å²) in [7, 11) is 0. The van der Waals surface area contributed by atoms with E-state index in [1.165, 1.54) is 23.2 Å². The zero-order chi connectivity index (χ0) is 18.3. The molecule has 4 atom stereocenters. The number of benzene rings is 1. The van der Waals surface area contributed by atoms with Crippen molar-refractivity contribution >= 4 is 5.82 Å². The van der Waals surface area contributed by atoms with Crippen LogP contribution in [0.15, 0.2) is 41.3 Å². The van der Waals surface area contributed by atoms with Crippen LogP contribution in [0, 0.1) is 17.8 Å². The molecule has 2 aliphatic rings. The van der Waals surface area contributed by atoms with Crippen LogP contribution in [0.5, 0.6) is 0 Å². The third kappa shape index (κ3) is 3.27. The van der Waals surface area contributed by atoms with E-state index in [4.69, 9.17) is 11.5 Å². The molecular formula is C20H27N5O. The van der Waals surface area contributed by atoms with E-state index in [-0.39, 0.29) is 11.5 Å². The minimum absolute atomic E-state index is 0.244. The fourth-order valence-corrected chi connectivity index (χ4v) is 4.47. The normalized spacial score (nSPS) is 25.8. The van der Waals surface area contributed by atoms with Gasteiger partial charge in [-0.3, -0.25) is 4.57 Å². The molecule has 2 heterocycles. The highest BCUT2D eigenvalue weighted by atomic mass is 16.1. The maximum absolute atomic E-state index is 11.9. The number of anilines is 1. The number of piperidine rings is 1. The first-order valence-electron chi connectivity index (χ1n) is 9.49. The summed E-state index contributed by atoms with van der Waals surface area (Å²) in [6.45, 7) is 5.68. The number of hydrogen-bond donors (Lipinski definition) is 2. The lowest BCUT2D eigenvalue weighted by Gasteiger charge is -2.21. The van der Waals surface area contributed by atoms with Crippen LogP contribution in [-0.4, -0.2) is 40.1 Å². The Balaban J connectivity index is 1.31. The lowest BCUT2D eigenvalue weighted by Crippen LogP contribution is -2.32. The van der Waals surface area contributed by atoms with Crippen LogP contribution in [0.1, 0.15) is 18.9 Å². The maximum Gasteiger partial charge on any atom is 0.354 e. The van der Waals surface area contributed by atoms with E-state index in [0.717, 1.165) is 42.8 Å². The van der Waals surface area contributed by atoms with Gasteiger partial charge in [0.1, 0.15) is 5.82 Å². The van der Waals surface area contributed by atoms with Gasteiger partial charge in [-0.15, -0.1) is 0 Å². The summed E-state index contributed by atoms with van der Waals surface area (Å²) in [5.41, 5.74) is 13.5. The maximum atomic E-state index is 11.9. The molecular weight excluding hydrogens is 326 g/mol. The molecule has 2 aromatic rings. The summed E-state index contributed by atoms with van der Waals surface area (Å²) < 4.78 is 1.51. The van der Waals surface area contributed by atoms with Crippen molar-refractivity contribution in [3.63, 3.8) is 0 Å². The molecule has 4 N–H and O–H groups in total. The molecule has 1 saturated heterocycles. The van der Waals surface area contributed by atoms with E-state index in [2.05, 4.69) is 28.9 Å². The Labute approximate surface area is 153 Å². The topological polar surface area (TPSA) is 90.2 Å². The van der Waals surface area contributed by atoms with Crippen LogP contribution >= 0.6 is 0 Å². The molecule has 0 amide bonds. The van der Waals surface area contributed by atoms with Crippen LogP contribution in [0.2, 0.25) is 0 Å². The number of rotatable bonds is 6. The minimum atomic E-state index is -0.353. The first-order chi connectivity index (χ1) is 12.6. The van der Waals surface area contributed by atoms with Gasteiger partial charge < -0.3 is 16.4 Å². The van der Waals surface area contributed by atoms with Crippen molar-refractivity contribution in [1.29, 1.82) is 0 Å². The molecule has 1 aliphatic carbocycles. The summed E-state index contributed by atoms with van der Waals surface area (Å²) in [6, 6.07) is 10.1. The van der Waals surface area contributed by atoms with Gasteiger partial charge in [-0.05, 0) is 54.4 Å². The first-order valence-corrected chi connectivity index (χ1v) is 9.49. The fraction of sp³-hybridized carbons (Fsp3) is 0.500. The molecule has 1 unspecified atom stereocenters. The molecule has 138 valence electrons. The van der Waals surface area contributed by atoms with E-state index in [1.54, 1.807) is 12.3 Å². The number of fused-ring (bicyclic) bond motifs is 1.